The maximum Gasteiger partial charge on any atom is 0.254 e. The van der Waals surface area contributed by atoms with Crippen molar-refractivity contribution in [2.75, 3.05) is 0 Å². The van der Waals surface area contributed by atoms with Crippen LogP contribution in [0.25, 0.3) is 11.0 Å². The van der Waals surface area contributed by atoms with Crippen LogP contribution in [-0.4, -0.2) is 12.1 Å². The number of amides is 1. The van der Waals surface area contributed by atoms with Crippen molar-refractivity contribution in [1.29, 1.82) is 5.26 Å². The summed E-state index contributed by atoms with van der Waals surface area (Å²) in [6.07, 6.45) is 1.83. The Morgan fingerprint density at radius 3 is 3.11 bits per heavy atom. The van der Waals surface area contributed by atoms with E-state index >= 15 is 0 Å². The molecule has 1 heterocycles. The molecule has 1 N–H and O–H groups in total. The summed E-state index contributed by atoms with van der Waals surface area (Å²) in [4.78, 5) is 10.9. The third kappa shape index (κ3) is 2.95. The Balaban J connectivity index is 1.92. The quantitative estimate of drug-likeness (QED) is 0.656. The van der Waals surface area contributed by atoms with Gasteiger partial charge in [0.2, 0.25) is 0 Å². The standard InChI is InChI=1S/C13H11N3O2/c14-7-5-13(17)16-15-8-6-11-9-10-3-1-2-4-12(10)18-11/h1-4,8-9H,5-6H2,(H,16,17). The van der Waals surface area contributed by atoms with Crippen LogP contribution >= 0.6 is 0 Å². The minimum Gasteiger partial charge on any atom is -0.461 e. The summed E-state index contributed by atoms with van der Waals surface area (Å²) in [6.45, 7) is 0. The number of hydrogen-bond acceptors (Lipinski definition) is 4. The topological polar surface area (TPSA) is 78.4 Å². The highest BCUT2D eigenvalue weighted by molar-refractivity contribution is 5.80. The predicted molar refractivity (Wildman–Crippen MR) is 66.8 cm³/mol. The average Bonchev–Trinajstić information content (AvgIpc) is 2.77. The number of carbonyl (C=O) groups excluding carboxylic acids is 1. The number of carbonyl (C=O) groups is 1. The fraction of sp³-hybridized carbons (Fsp3) is 0.154. The molecule has 0 bridgehead atoms. The SMILES string of the molecule is N#CCC(=O)NN=CCc1cc2ccccc2o1. The van der Waals surface area contributed by atoms with Crippen LogP contribution < -0.4 is 5.43 Å². The highest BCUT2D eigenvalue weighted by Gasteiger charge is 2.01. The lowest BCUT2D eigenvalue weighted by Gasteiger charge is -1.92. The lowest BCUT2D eigenvalue weighted by atomic mass is 10.2. The van der Waals surface area contributed by atoms with E-state index in [-0.39, 0.29) is 6.42 Å². The second kappa shape index (κ2) is 5.64. The maximum atomic E-state index is 10.9. The summed E-state index contributed by atoms with van der Waals surface area (Å²) in [5.41, 5.74) is 3.08. The molecule has 0 aliphatic heterocycles. The van der Waals surface area contributed by atoms with E-state index in [1.165, 1.54) is 6.21 Å². The molecule has 0 aliphatic carbocycles. The number of fused-ring (bicyclic) bond motifs is 1. The highest BCUT2D eigenvalue weighted by Crippen LogP contribution is 2.18. The fourth-order valence-corrected chi connectivity index (χ4v) is 1.50. The van der Waals surface area contributed by atoms with Gasteiger partial charge in [-0.3, -0.25) is 4.79 Å². The van der Waals surface area contributed by atoms with E-state index in [0.717, 1.165) is 16.7 Å². The van der Waals surface area contributed by atoms with Crippen LogP contribution in [-0.2, 0) is 11.2 Å². The zero-order chi connectivity index (χ0) is 12.8. The van der Waals surface area contributed by atoms with Gasteiger partial charge in [-0.1, -0.05) is 18.2 Å². The molecule has 0 saturated heterocycles. The van der Waals surface area contributed by atoms with Crippen LogP contribution in [0.3, 0.4) is 0 Å². The molecule has 1 aromatic heterocycles. The summed E-state index contributed by atoms with van der Waals surface area (Å²) < 4.78 is 5.57. The summed E-state index contributed by atoms with van der Waals surface area (Å²) >= 11 is 0. The van der Waals surface area contributed by atoms with E-state index in [9.17, 15) is 4.79 Å². The fourth-order valence-electron chi connectivity index (χ4n) is 1.50. The van der Waals surface area contributed by atoms with Crippen molar-refractivity contribution in [3.63, 3.8) is 0 Å². The summed E-state index contributed by atoms with van der Waals surface area (Å²) in [5.74, 6) is 0.354. The van der Waals surface area contributed by atoms with Crippen molar-refractivity contribution >= 4 is 23.1 Å². The van der Waals surface area contributed by atoms with Crippen molar-refractivity contribution in [2.45, 2.75) is 12.8 Å². The first-order chi connectivity index (χ1) is 8.79. The normalized spacial score (nSPS) is 10.6. The summed E-state index contributed by atoms with van der Waals surface area (Å²) in [6, 6.07) is 11.4. The van der Waals surface area contributed by atoms with Crippen LogP contribution in [0.5, 0.6) is 0 Å². The molecule has 0 unspecified atom stereocenters. The van der Waals surface area contributed by atoms with E-state index in [1.54, 1.807) is 6.07 Å². The van der Waals surface area contributed by atoms with Gasteiger partial charge in [-0.2, -0.15) is 10.4 Å². The monoisotopic (exact) mass is 241 g/mol. The molecule has 18 heavy (non-hydrogen) atoms. The number of furan rings is 1. The van der Waals surface area contributed by atoms with Crippen molar-refractivity contribution < 1.29 is 9.21 Å². The van der Waals surface area contributed by atoms with E-state index in [1.807, 2.05) is 30.3 Å². The number of benzene rings is 1. The molecular formula is C13H11N3O2. The molecule has 0 radical (unpaired) electrons. The molecule has 0 spiro atoms. The Bertz CT molecular complexity index is 589. The second-order valence-corrected chi connectivity index (χ2v) is 3.64. The van der Waals surface area contributed by atoms with Crippen molar-refractivity contribution in [2.24, 2.45) is 5.10 Å². The van der Waals surface area contributed by atoms with E-state index in [0.29, 0.717) is 6.42 Å². The smallest absolute Gasteiger partial charge is 0.254 e. The molecule has 90 valence electrons. The number of para-hydroxylation sites is 1. The molecule has 0 saturated carbocycles. The van der Waals surface area contributed by atoms with Crippen molar-refractivity contribution in [3.8, 4) is 6.07 Å². The van der Waals surface area contributed by atoms with Gasteiger partial charge in [0.05, 0.1) is 6.07 Å². The molecule has 2 aromatic rings. The minimum absolute atomic E-state index is 0.192. The average molecular weight is 241 g/mol. The second-order valence-electron chi connectivity index (χ2n) is 3.64. The molecule has 5 nitrogen and oxygen atoms in total. The van der Waals surface area contributed by atoms with E-state index in [4.69, 9.17) is 9.68 Å². The number of nitriles is 1. The number of rotatable bonds is 4. The Kier molecular flexibility index (Phi) is 3.72. The van der Waals surface area contributed by atoms with Gasteiger partial charge in [0.15, 0.2) is 0 Å². The van der Waals surface area contributed by atoms with Crippen LogP contribution in [0, 0.1) is 11.3 Å². The van der Waals surface area contributed by atoms with Gasteiger partial charge in [0.1, 0.15) is 17.8 Å². The third-order valence-electron chi connectivity index (χ3n) is 2.29. The highest BCUT2D eigenvalue weighted by atomic mass is 16.3. The van der Waals surface area contributed by atoms with Gasteiger partial charge in [-0.05, 0) is 12.1 Å². The van der Waals surface area contributed by atoms with Gasteiger partial charge < -0.3 is 4.42 Å². The van der Waals surface area contributed by atoms with Crippen molar-refractivity contribution in [3.05, 3.63) is 36.1 Å². The Morgan fingerprint density at radius 1 is 1.50 bits per heavy atom. The molecule has 0 aliphatic rings. The first kappa shape index (κ1) is 11.9. The lowest BCUT2D eigenvalue weighted by molar-refractivity contribution is -0.120. The van der Waals surface area contributed by atoms with E-state index < -0.39 is 5.91 Å². The largest absolute Gasteiger partial charge is 0.461 e. The zero-order valence-electron chi connectivity index (χ0n) is 9.59. The molecule has 5 heteroatoms. The van der Waals surface area contributed by atoms with Crippen LogP contribution in [0.15, 0.2) is 39.9 Å². The Hall–Kier alpha value is -2.61. The maximum absolute atomic E-state index is 10.9. The van der Waals surface area contributed by atoms with Crippen LogP contribution in [0.4, 0.5) is 0 Å². The number of hydrazone groups is 1. The van der Waals surface area contributed by atoms with Crippen molar-refractivity contribution in [1.82, 2.24) is 5.43 Å². The molecule has 0 fully saturated rings. The van der Waals surface area contributed by atoms with Gasteiger partial charge in [-0.15, -0.1) is 0 Å². The van der Waals surface area contributed by atoms with Gasteiger partial charge in [0.25, 0.3) is 5.91 Å². The lowest BCUT2D eigenvalue weighted by Crippen LogP contribution is -2.16. The molecule has 1 aromatic carbocycles. The van der Waals surface area contributed by atoms with Crippen LogP contribution in [0.1, 0.15) is 12.2 Å². The summed E-state index contributed by atoms with van der Waals surface area (Å²) in [5, 5.41) is 13.0. The Morgan fingerprint density at radius 2 is 2.33 bits per heavy atom. The Labute approximate surface area is 104 Å². The van der Waals surface area contributed by atoms with Gasteiger partial charge in [0, 0.05) is 18.0 Å². The zero-order valence-corrected chi connectivity index (χ0v) is 9.59. The van der Waals surface area contributed by atoms with Gasteiger partial charge in [-0.25, -0.2) is 5.43 Å². The van der Waals surface area contributed by atoms with Gasteiger partial charge >= 0.3 is 0 Å². The molecule has 0 atom stereocenters. The minimum atomic E-state index is -0.418. The molecular weight excluding hydrogens is 230 g/mol. The number of hydrogen-bond donors (Lipinski definition) is 1. The van der Waals surface area contributed by atoms with E-state index in [2.05, 4.69) is 10.5 Å². The predicted octanol–water partition coefficient (Wildman–Crippen LogP) is 1.99. The van der Waals surface area contributed by atoms with Crippen LogP contribution in [0.2, 0.25) is 0 Å². The number of nitrogens with one attached hydrogen (secondary N) is 1. The summed E-state index contributed by atoms with van der Waals surface area (Å²) in [7, 11) is 0. The molecule has 2 rings (SSSR count). The first-order valence-corrected chi connectivity index (χ1v) is 5.44. The molecule has 1 amide bonds. The number of nitrogens with zero attached hydrogens (tertiary/aromatic N) is 2. The first-order valence-electron chi connectivity index (χ1n) is 5.44. The third-order valence-corrected chi connectivity index (χ3v) is 2.29.